The molecule has 1 atom stereocenters. The van der Waals surface area contributed by atoms with E-state index in [1.807, 2.05) is 10.8 Å². The smallest absolute Gasteiger partial charge is 0.137 e. The summed E-state index contributed by atoms with van der Waals surface area (Å²) in [6, 6.07) is 8.38. The van der Waals surface area contributed by atoms with E-state index >= 15 is 0 Å². The normalized spacial score (nSPS) is 12.7. The van der Waals surface area contributed by atoms with E-state index in [0.29, 0.717) is 5.82 Å². The number of hydrogen-bond acceptors (Lipinski definition) is 2. The molecule has 1 unspecified atom stereocenters. The van der Waals surface area contributed by atoms with Gasteiger partial charge < -0.3 is 9.67 Å². The minimum absolute atomic E-state index is 0.527. The van der Waals surface area contributed by atoms with E-state index < -0.39 is 6.10 Å². The van der Waals surface area contributed by atoms with Crippen molar-refractivity contribution < 1.29 is 5.11 Å². The van der Waals surface area contributed by atoms with E-state index in [9.17, 15) is 5.11 Å². The van der Waals surface area contributed by atoms with Crippen molar-refractivity contribution >= 4 is 0 Å². The first kappa shape index (κ1) is 10.9. The van der Waals surface area contributed by atoms with Gasteiger partial charge in [-0.25, -0.2) is 4.98 Å². The molecule has 16 heavy (non-hydrogen) atoms. The van der Waals surface area contributed by atoms with Crippen LogP contribution in [0.15, 0.2) is 36.7 Å². The van der Waals surface area contributed by atoms with Gasteiger partial charge in [0.1, 0.15) is 11.9 Å². The van der Waals surface area contributed by atoms with E-state index in [0.717, 1.165) is 6.54 Å². The fraction of sp³-hybridized carbons (Fsp3) is 0.308. The first-order chi connectivity index (χ1) is 7.66. The lowest BCUT2D eigenvalue weighted by Gasteiger charge is -2.09. The summed E-state index contributed by atoms with van der Waals surface area (Å²) in [6.45, 7) is 4.55. The zero-order chi connectivity index (χ0) is 11.5. The van der Waals surface area contributed by atoms with Gasteiger partial charge in [-0.05, 0) is 19.4 Å². The van der Waals surface area contributed by atoms with Gasteiger partial charge in [0.15, 0.2) is 0 Å². The van der Waals surface area contributed by atoms with E-state index in [-0.39, 0.29) is 0 Å². The highest BCUT2D eigenvalue weighted by Crippen LogP contribution is 2.12. The zero-order valence-corrected chi connectivity index (χ0v) is 9.59. The molecule has 0 amide bonds. The molecule has 0 spiro atoms. The fourth-order valence-electron chi connectivity index (χ4n) is 1.71. The van der Waals surface area contributed by atoms with E-state index in [1.54, 1.807) is 13.1 Å². The van der Waals surface area contributed by atoms with Gasteiger partial charge in [-0.15, -0.1) is 0 Å². The van der Waals surface area contributed by atoms with Crippen molar-refractivity contribution in [3.8, 4) is 0 Å². The summed E-state index contributed by atoms with van der Waals surface area (Å²) in [4.78, 5) is 4.14. The summed E-state index contributed by atoms with van der Waals surface area (Å²) in [5, 5.41) is 9.53. The molecule has 2 aromatic rings. The summed E-state index contributed by atoms with van der Waals surface area (Å²) in [5.74, 6) is 0.709. The van der Waals surface area contributed by atoms with Gasteiger partial charge in [0.25, 0.3) is 0 Å². The Balaban J connectivity index is 2.20. The van der Waals surface area contributed by atoms with E-state index in [4.69, 9.17) is 0 Å². The van der Waals surface area contributed by atoms with Gasteiger partial charge in [-0.2, -0.15) is 0 Å². The summed E-state index contributed by atoms with van der Waals surface area (Å²) >= 11 is 0. The Morgan fingerprint density at radius 2 is 2.00 bits per heavy atom. The Morgan fingerprint density at radius 1 is 1.31 bits per heavy atom. The van der Waals surface area contributed by atoms with Crippen LogP contribution in [-0.2, 0) is 6.54 Å². The summed E-state index contributed by atoms with van der Waals surface area (Å²) in [5.41, 5.74) is 2.47. The predicted molar refractivity (Wildman–Crippen MR) is 63.1 cm³/mol. The Hall–Kier alpha value is -1.61. The first-order valence-corrected chi connectivity index (χ1v) is 5.41. The summed E-state index contributed by atoms with van der Waals surface area (Å²) in [6.07, 6.45) is 3.08. The summed E-state index contributed by atoms with van der Waals surface area (Å²) < 4.78 is 1.97. The van der Waals surface area contributed by atoms with Gasteiger partial charge in [0, 0.05) is 18.9 Å². The van der Waals surface area contributed by atoms with Gasteiger partial charge in [-0.3, -0.25) is 0 Å². The second-order valence-corrected chi connectivity index (χ2v) is 4.07. The van der Waals surface area contributed by atoms with Crippen LogP contribution in [0.5, 0.6) is 0 Å². The van der Waals surface area contributed by atoms with Crippen molar-refractivity contribution in [2.45, 2.75) is 26.5 Å². The minimum Gasteiger partial charge on any atom is -0.385 e. The third kappa shape index (κ3) is 2.31. The molecule has 1 aromatic carbocycles. The standard InChI is InChI=1S/C13H16N2O/c1-10-3-5-12(6-4-10)9-15-8-7-14-13(15)11(2)16/h3-8,11,16H,9H2,1-2H3. The molecule has 0 saturated heterocycles. The lowest BCUT2D eigenvalue weighted by molar-refractivity contribution is 0.184. The third-order valence-corrected chi connectivity index (χ3v) is 2.59. The van der Waals surface area contributed by atoms with Crippen molar-refractivity contribution in [1.29, 1.82) is 0 Å². The van der Waals surface area contributed by atoms with Crippen molar-refractivity contribution in [3.05, 3.63) is 53.6 Å². The van der Waals surface area contributed by atoms with Gasteiger partial charge in [-0.1, -0.05) is 29.8 Å². The number of aliphatic hydroxyl groups is 1. The van der Waals surface area contributed by atoms with E-state index in [2.05, 4.69) is 36.2 Å². The first-order valence-electron chi connectivity index (χ1n) is 5.41. The van der Waals surface area contributed by atoms with E-state index in [1.165, 1.54) is 11.1 Å². The van der Waals surface area contributed by atoms with Gasteiger partial charge in [0.2, 0.25) is 0 Å². The van der Waals surface area contributed by atoms with Gasteiger partial charge >= 0.3 is 0 Å². The molecule has 3 nitrogen and oxygen atoms in total. The van der Waals surface area contributed by atoms with Crippen LogP contribution in [0, 0.1) is 6.92 Å². The van der Waals surface area contributed by atoms with Crippen LogP contribution in [-0.4, -0.2) is 14.7 Å². The Kier molecular flexibility index (Phi) is 3.06. The molecular formula is C13H16N2O. The molecule has 0 aliphatic rings. The van der Waals surface area contributed by atoms with Crippen LogP contribution >= 0.6 is 0 Å². The highest BCUT2D eigenvalue weighted by Gasteiger charge is 2.08. The second-order valence-electron chi connectivity index (χ2n) is 4.07. The number of hydrogen-bond donors (Lipinski definition) is 1. The molecule has 3 heteroatoms. The zero-order valence-electron chi connectivity index (χ0n) is 9.59. The molecule has 0 aliphatic carbocycles. The van der Waals surface area contributed by atoms with Crippen molar-refractivity contribution in [1.82, 2.24) is 9.55 Å². The maximum absolute atomic E-state index is 9.53. The predicted octanol–water partition coefficient (Wildman–Crippen LogP) is 2.29. The number of aryl methyl sites for hydroxylation is 1. The lowest BCUT2D eigenvalue weighted by atomic mass is 10.1. The van der Waals surface area contributed by atoms with Crippen LogP contribution in [0.4, 0.5) is 0 Å². The van der Waals surface area contributed by atoms with Gasteiger partial charge in [0.05, 0.1) is 0 Å². The molecule has 1 aromatic heterocycles. The molecule has 0 radical (unpaired) electrons. The average molecular weight is 216 g/mol. The van der Waals surface area contributed by atoms with Crippen LogP contribution in [0.25, 0.3) is 0 Å². The molecule has 0 aliphatic heterocycles. The highest BCUT2D eigenvalue weighted by molar-refractivity contribution is 5.22. The highest BCUT2D eigenvalue weighted by atomic mass is 16.3. The fourth-order valence-corrected chi connectivity index (χ4v) is 1.71. The Bertz CT molecular complexity index is 457. The lowest BCUT2D eigenvalue weighted by Crippen LogP contribution is -2.07. The molecule has 84 valence electrons. The van der Waals surface area contributed by atoms with Crippen molar-refractivity contribution in [3.63, 3.8) is 0 Å². The van der Waals surface area contributed by atoms with Crippen LogP contribution in [0.3, 0.4) is 0 Å². The largest absolute Gasteiger partial charge is 0.385 e. The molecule has 0 fully saturated rings. The number of aromatic nitrogens is 2. The third-order valence-electron chi connectivity index (χ3n) is 2.59. The number of rotatable bonds is 3. The Labute approximate surface area is 95.4 Å². The molecule has 1 N–H and O–H groups in total. The molecule has 1 heterocycles. The minimum atomic E-state index is -0.527. The number of benzene rings is 1. The summed E-state index contributed by atoms with van der Waals surface area (Å²) in [7, 11) is 0. The molecule has 0 bridgehead atoms. The van der Waals surface area contributed by atoms with Crippen LogP contribution < -0.4 is 0 Å². The number of nitrogens with zero attached hydrogens (tertiary/aromatic N) is 2. The number of aliphatic hydroxyl groups excluding tert-OH is 1. The van der Waals surface area contributed by atoms with Crippen molar-refractivity contribution in [2.24, 2.45) is 0 Å². The van der Waals surface area contributed by atoms with Crippen molar-refractivity contribution in [2.75, 3.05) is 0 Å². The maximum atomic E-state index is 9.53. The topological polar surface area (TPSA) is 38.0 Å². The number of imidazole rings is 1. The van der Waals surface area contributed by atoms with Crippen LogP contribution in [0.2, 0.25) is 0 Å². The Morgan fingerprint density at radius 3 is 2.62 bits per heavy atom. The average Bonchev–Trinajstić information content (AvgIpc) is 2.69. The van der Waals surface area contributed by atoms with Crippen LogP contribution in [0.1, 0.15) is 30.0 Å². The molecule has 2 rings (SSSR count). The SMILES string of the molecule is Cc1ccc(Cn2ccnc2C(C)O)cc1. The monoisotopic (exact) mass is 216 g/mol. The second kappa shape index (κ2) is 4.49. The maximum Gasteiger partial charge on any atom is 0.137 e. The molecule has 0 saturated carbocycles. The quantitative estimate of drug-likeness (QED) is 0.854. The molecular weight excluding hydrogens is 200 g/mol.